The number of benzene rings is 1. The summed E-state index contributed by atoms with van der Waals surface area (Å²) >= 11 is 0. The van der Waals surface area contributed by atoms with Gasteiger partial charge in [0.15, 0.2) is 0 Å². The summed E-state index contributed by atoms with van der Waals surface area (Å²) in [5.41, 5.74) is 2.48. The maximum absolute atomic E-state index is 12.2. The van der Waals surface area contributed by atoms with Crippen LogP contribution >= 0.6 is 0 Å². The number of hydrogen-bond donors (Lipinski definition) is 1. The quantitative estimate of drug-likeness (QED) is 0.877. The Morgan fingerprint density at radius 2 is 1.76 bits per heavy atom. The summed E-state index contributed by atoms with van der Waals surface area (Å²) in [4.78, 5) is 0. The molecule has 1 fully saturated rings. The molecule has 1 aliphatic carbocycles. The summed E-state index contributed by atoms with van der Waals surface area (Å²) < 4.78 is 27.1. The van der Waals surface area contributed by atoms with Crippen LogP contribution < -0.4 is 4.72 Å². The molecule has 0 radical (unpaired) electrons. The van der Waals surface area contributed by atoms with Gasteiger partial charge in [0.05, 0.1) is 5.25 Å². The normalized spacial score (nSPS) is 17.7. The van der Waals surface area contributed by atoms with Crippen molar-refractivity contribution in [2.45, 2.75) is 57.6 Å². The lowest BCUT2D eigenvalue weighted by atomic mass is 9.86. The fraction of sp³-hybridized carbons (Fsp3) is 0.647. The Balaban J connectivity index is 1.96. The molecule has 0 spiro atoms. The minimum Gasteiger partial charge on any atom is -0.215 e. The molecule has 1 N–H and O–H groups in total. The van der Waals surface area contributed by atoms with Crippen LogP contribution in [-0.2, 0) is 21.9 Å². The van der Waals surface area contributed by atoms with Crippen LogP contribution in [0.2, 0.25) is 0 Å². The van der Waals surface area contributed by atoms with Crippen LogP contribution in [0, 0.1) is 5.92 Å². The van der Waals surface area contributed by atoms with Crippen LogP contribution in [0.3, 0.4) is 0 Å². The van der Waals surface area contributed by atoms with E-state index in [0.29, 0.717) is 18.9 Å². The smallest absolute Gasteiger partial charge is 0.214 e. The van der Waals surface area contributed by atoms with Crippen molar-refractivity contribution >= 4 is 10.0 Å². The predicted octanol–water partition coefficient (Wildman–Crippen LogP) is 3.24. The van der Waals surface area contributed by atoms with Crippen molar-refractivity contribution in [1.82, 2.24) is 4.72 Å². The first-order valence-corrected chi connectivity index (χ1v) is 9.31. The van der Waals surface area contributed by atoms with Crippen molar-refractivity contribution in [2.75, 3.05) is 6.54 Å². The average molecular weight is 309 g/mol. The van der Waals surface area contributed by atoms with E-state index in [1.54, 1.807) is 6.92 Å². The molecule has 0 heterocycles. The number of hydrogen-bond acceptors (Lipinski definition) is 2. The van der Waals surface area contributed by atoms with Gasteiger partial charge in [-0.05, 0) is 48.6 Å². The molecular weight excluding hydrogens is 282 g/mol. The van der Waals surface area contributed by atoms with E-state index in [1.807, 2.05) is 12.1 Å². The monoisotopic (exact) mass is 309 g/mol. The van der Waals surface area contributed by atoms with Crippen LogP contribution in [0.5, 0.6) is 0 Å². The molecule has 0 saturated heterocycles. The van der Waals surface area contributed by atoms with Crippen LogP contribution in [0.4, 0.5) is 0 Å². The van der Waals surface area contributed by atoms with Crippen molar-refractivity contribution < 1.29 is 8.42 Å². The molecule has 2 rings (SSSR count). The van der Waals surface area contributed by atoms with Gasteiger partial charge in [-0.25, -0.2) is 13.1 Å². The molecule has 0 amide bonds. The fourth-order valence-corrected chi connectivity index (χ4v) is 3.45. The van der Waals surface area contributed by atoms with Gasteiger partial charge < -0.3 is 0 Å². The highest BCUT2D eigenvalue weighted by molar-refractivity contribution is 7.90. The molecule has 21 heavy (non-hydrogen) atoms. The highest BCUT2D eigenvalue weighted by atomic mass is 32.2. The second-order valence-corrected chi connectivity index (χ2v) is 9.48. The van der Waals surface area contributed by atoms with Crippen LogP contribution in [0.1, 0.15) is 51.7 Å². The Labute approximate surface area is 129 Å². The number of sulfonamides is 1. The molecule has 0 aromatic heterocycles. The molecule has 1 aliphatic rings. The van der Waals surface area contributed by atoms with Crippen molar-refractivity contribution in [2.24, 2.45) is 5.92 Å². The Hall–Kier alpha value is -0.870. The number of rotatable bonds is 6. The lowest BCUT2D eigenvalue weighted by Gasteiger charge is -2.20. The first-order chi connectivity index (χ1) is 9.68. The lowest BCUT2D eigenvalue weighted by Crippen LogP contribution is -2.35. The maximum Gasteiger partial charge on any atom is 0.214 e. The average Bonchev–Trinajstić information content (AvgIpc) is 3.20. The summed E-state index contributed by atoms with van der Waals surface area (Å²) in [7, 11) is -3.20. The van der Waals surface area contributed by atoms with Crippen LogP contribution in [0.15, 0.2) is 24.3 Å². The minimum absolute atomic E-state index is 0.127. The zero-order valence-corrected chi connectivity index (χ0v) is 14.3. The molecule has 0 bridgehead atoms. The highest BCUT2D eigenvalue weighted by Gasteiger charge is 2.26. The minimum atomic E-state index is -3.20. The molecule has 0 aliphatic heterocycles. The predicted molar refractivity (Wildman–Crippen MR) is 88.0 cm³/mol. The summed E-state index contributed by atoms with van der Waals surface area (Å²) in [5.74, 6) is 0.568. The summed E-state index contributed by atoms with van der Waals surface area (Å²) in [6, 6.07) is 8.31. The molecular formula is C17H27NO2S. The number of nitrogens with one attached hydrogen (secondary N) is 1. The summed E-state index contributed by atoms with van der Waals surface area (Å²) in [6.45, 7) is 8.92. The third-order valence-corrected chi connectivity index (χ3v) is 5.94. The van der Waals surface area contributed by atoms with Crippen molar-refractivity contribution in [3.05, 3.63) is 35.4 Å². The van der Waals surface area contributed by atoms with E-state index < -0.39 is 15.3 Å². The Bertz CT molecular complexity index is 566. The van der Waals surface area contributed by atoms with Crippen molar-refractivity contribution in [1.29, 1.82) is 0 Å². The topological polar surface area (TPSA) is 46.2 Å². The lowest BCUT2D eigenvalue weighted by molar-refractivity contribution is 0.563. The highest BCUT2D eigenvalue weighted by Crippen LogP contribution is 2.28. The van der Waals surface area contributed by atoms with Gasteiger partial charge in [-0.1, -0.05) is 45.0 Å². The van der Waals surface area contributed by atoms with Gasteiger partial charge in [0.25, 0.3) is 0 Å². The third-order valence-electron chi connectivity index (χ3n) is 4.14. The van der Waals surface area contributed by atoms with Crippen molar-refractivity contribution in [3.8, 4) is 0 Å². The molecule has 118 valence electrons. The maximum atomic E-state index is 12.2. The van der Waals surface area contributed by atoms with Gasteiger partial charge in [0.2, 0.25) is 10.0 Å². The van der Waals surface area contributed by atoms with Crippen molar-refractivity contribution in [3.63, 3.8) is 0 Å². The van der Waals surface area contributed by atoms with E-state index in [1.165, 1.54) is 5.56 Å². The van der Waals surface area contributed by atoms with E-state index >= 15 is 0 Å². The van der Waals surface area contributed by atoms with E-state index in [4.69, 9.17) is 0 Å². The first kappa shape index (κ1) is 16.5. The molecule has 4 heteroatoms. The summed E-state index contributed by atoms with van der Waals surface area (Å²) in [5, 5.41) is -0.392. The SMILES string of the molecule is CC(Cc1ccc(C(C)(C)C)cc1)S(=O)(=O)NCC1CC1. The second-order valence-electron chi connectivity index (χ2n) is 7.30. The van der Waals surface area contributed by atoms with Gasteiger partial charge in [0.1, 0.15) is 0 Å². The molecule has 1 aromatic rings. The van der Waals surface area contributed by atoms with E-state index in [2.05, 4.69) is 37.6 Å². The Kier molecular flexibility index (Phi) is 4.79. The van der Waals surface area contributed by atoms with Crippen LogP contribution in [-0.4, -0.2) is 20.2 Å². The zero-order valence-electron chi connectivity index (χ0n) is 13.5. The van der Waals surface area contributed by atoms with Gasteiger partial charge in [-0.2, -0.15) is 0 Å². The molecule has 1 saturated carbocycles. The molecule has 1 atom stereocenters. The van der Waals surface area contributed by atoms with Gasteiger partial charge in [-0.3, -0.25) is 0 Å². The van der Waals surface area contributed by atoms with E-state index in [-0.39, 0.29) is 5.41 Å². The fourth-order valence-electron chi connectivity index (χ4n) is 2.28. The molecule has 1 unspecified atom stereocenters. The summed E-state index contributed by atoms with van der Waals surface area (Å²) in [6.07, 6.45) is 2.88. The van der Waals surface area contributed by atoms with Gasteiger partial charge in [0, 0.05) is 6.54 Å². The molecule has 3 nitrogen and oxygen atoms in total. The Morgan fingerprint density at radius 3 is 2.24 bits per heavy atom. The van der Waals surface area contributed by atoms with E-state index in [9.17, 15) is 8.42 Å². The van der Waals surface area contributed by atoms with E-state index in [0.717, 1.165) is 18.4 Å². The second kappa shape index (κ2) is 6.09. The molecule has 1 aromatic carbocycles. The first-order valence-electron chi connectivity index (χ1n) is 7.76. The Morgan fingerprint density at radius 1 is 1.19 bits per heavy atom. The van der Waals surface area contributed by atoms with Gasteiger partial charge >= 0.3 is 0 Å². The third kappa shape index (κ3) is 4.82. The largest absolute Gasteiger partial charge is 0.215 e. The van der Waals surface area contributed by atoms with Crippen LogP contribution in [0.25, 0.3) is 0 Å². The standard InChI is InChI=1S/C17H27NO2S/c1-13(21(19,20)18-12-15-5-6-15)11-14-7-9-16(10-8-14)17(2,3)4/h7-10,13,15,18H,5-6,11-12H2,1-4H3. The zero-order chi connectivity index (χ0) is 15.7. The van der Waals surface area contributed by atoms with Gasteiger partial charge in [-0.15, -0.1) is 0 Å².